The van der Waals surface area contributed by atoms with Gasteiger partial charge in [-0.1, -0.05) is 11.8 Å². The van der Waals surface area contributed by atoms with Crippen LogP contribution in [0, 0.1) is 44.9 Å². The molecule has 1 aromatic carbocycles. The number of alkyl halides is 3. The van der Waals surface area contributed by atoms with Crippen LogP contribution in [0.15, 0.2) is 12.1 Å². The van der Waals surface area contributed by atoms with E-state index in [1.54, 1.807) is 0 Å². The maximum atomic E-state index is 12.8. The van der Waals surface area contributed by atoms with Gasteiger partial charge in [-0.05, 0) is 0 Å². The largest absolute Gasteiger partial charge is 0.416 e. The molecule has 0 saturated carbocycles. The van der Waals surface area contributed by atoms with Crippen molar-refractivity contribution < 1.29 is 23.0 Å². The van der Waals surface area contributed by atoms with Gasteiger partial charge in [0.25, 0.3) is 11.4 Å². The van der Waals surface area contributed by atoms with Gasteiger partial charge in [0.1, 0.15) is 0 Å². The number of rotatable bonds is 5. The van der Waals surface area contributed by atoms with Gasteiger partial charge in [-0.3, -0.25) is 20.2 Å². The van der Waals surface area contributed by atoms with E-state index in [0.717, 1.165) is 4.90 Å². The van der Waals surface area contributed by atoms with Crippen molar-refractivity contribution in [1.29, 1.82) is 0 Å². The highest BCUT2D eigenvalue weighted by atomic mass is 19.4. The standard InChI is InChI=1S/C13H8F3N3O4/c1-3-5-17(6-4-2)12-10(18(20)21)7-9(13(14,15)16)8-11(12)19(22)23/h1-2,7-8H,5-6H2. The molecular formula is C13H8F3N3O4. The summed E-state index contributed by atoms with van der Waals surface area (Å²) in [6.07, 6.45) is 5.15. The van der Waals surface area contributed by atoms with E-state index in [4.69, 9.17) is 12.8 Å². The van der Waals surface area contributed by atoms with Crippen LogP contribution in [-0.2, 0) is 6.18 Å². The lowest BCUT2D eigenvalue weighted by atomic mass is 10.1. The molecule has 1 aromatic rings. The van der Waals surface area contributed by atoms with Crippen LogP contribution in [0.25, 0.3) is 0 Å². The summed E-state index contributed by atoms with van der Waals surface area (Å²) in [4.78, 5) is 20.8. The highest BCUT2D eigenvalue weighted by Gasteiger charge is 2.39. The van der Waals surface area contributed by atoms with E-state index >= 15 is 0 Å². The maximum absolute atomic E-state index is 12.8. The van der Waals surface area contributed by atoms with E-state index in [2.05, 4.69) is 11.8 Å². The second-order valence-corrected chi connectivity index (χ2v) is 4.14. The lowest BCUT2D eigenvalue weighted by Gasteiger charge is -2.20. The molecule has 0 aliphatic carbocycles. The molecule has 0 aromatic heterocycles. The van der Waals surface area contributed by atoms with Crippen molar-refractivity contribution in [1.82, 2.24) is 0 Å². The molecule has 0 aliphatic heterocycles. The number of terminal acetylenes is 2. The summed E-state index contributed by atoms with van der Waals surface area (Å²) in [6, 6.07) is 0.421. The van der Waals surface area contributed by atoms with Crippen molar-refractivity contribution in [2.75, 3.05) is 18.0 Å². The van der Waals surface area contributed by atoms with Crippen LogP contribution in [0.4, 0.5) is 30.2 Å². The Bertz CT molecular complexity index is 680. The van der Waals surface area contributed by atoms with Crippen LogP contribution in [0.5, 0.6) is 0 Å². The van der Waals surface area contributed by atoms with Crippen LogP contribution in [0.2, 0.25) is 0 Å². The zero-order valence-corrected chi connectivity index (χ0v) is 11.3. The molecule has 10 heteroatoms. The number of hydrogen-bond acceptors (Lipinski definition) is 5. The van der Waals surface area contributed by atoms with Gasteiger partial charge < -0.3 is 4.90 Å². The zero-order chi connectivity index (χ0) is 17.8. The molecule has 0 bridgehead atoms. The van der Waals surface area contributed by atoms with Gasteiger partial charge in [0.05, 0.1) is 28.5 Å². The summed E-state index contributed by atoms with van der Waals surface area (Å²) in [5, 5.41) is 22.1. The molecule has 0 N–H and O–H groups in total. The monoisotopic (exact) mass is 327 g/mol. The second kappa shape index (κ2) is 6.66. The Labute approximate surface area is 128 Å². The van der Waals surface area contributed by atoms with Crippen LogP contribution in [0.1, 0.15) is 5.56 Å². The van der Waals surface area contributed by atoms with Gasteiger partial charge in [-0.2, -0.15) is 13.2 Å². The number of benzene rings is 1. The third-order valence-corrected chi connectivity index (χ3v) is 2.67. The Kier molecular flexibility index (Phi) is 5.15. The van der Waals surface area contributed by atoms with E-state index in [1.165, 1.54) is 0 Å². The maximum Gasteiger partial charge on any atom is 0.416 e. The van der Waals surface area contributed by atoms with Gasteiger partial charge in [0.15, 0.2) is 5.69 Å². The van der Waals surface area contributed by atoms with Crippen molar-refractivity contribution in [3.05, 3.63) is 37.9 Å². The molecule has 0 atom stereocenters. The van der Waals surface area contributed by atoms with Crippen molar-refractivity contribution in [2.45, 2.75) is 6.18 Å². The molecule has 0 radical (unpaired) electrons. The lowest BCUT2D eigenvalue weighted by molar-refractivity contribution is -0.393. The Morgan fingerprint density at radius 2 is 1.43 bits per heavy atom. The van der Waals surface area contributed by atoms with Crippen LogP contribution >= 0.6 is 0 Å². The molecule has 0 unspecified atom stereocenters. The quantitative estimate of drug-likeness (QED) is 0.471. The number of nitrogens with zero attached hydrogens (tertiary/aromatic N) is 3. The smallest absolute Gasteiger partial charge is 0.338 e. The minimum absolute atomic E-state index is 0.211. The van der Waals surface area contributed by atoms with E-state index in [0.29, 0.717) is 0 Å². The van der Waals surface area contributed by atoms with Crippen molar-refractivity contribution >= 4 is 17.1 Å². The fraction of sp³-hybridized carbons (Fsp3) is 0.231. The SMILES string of the molecule is C#CCN(CC#C)c1c([N+](=O)[O-])cc(C(F)(F)F)cc1[N+](=O)[O-]. The fourth-order valence-electron chi connectivity index (χ4n) is 1.80. The Morgan fingerprint density at radius 3 is 1.70 bits per heavy atom. The average molecular weight is 327 g/mol. The number of nitro benzene ring substituents is 2. The van der Waals surface area contributed by atoms with Gasteiger partial charge >= 0.3 is 6.18 Å². The Hall–Kier alpha value is -3.27. The molecule has 0 spiro atoms. The number of hydrogen-bond donors (Lipinski definition) is 0. The molecule has 0 aliphatic rings. The van der Waals surface area contributed by atoms with Gasteiger partial charge in [0, 0.05) is 12.1 Å². The predicted molar refractivity (Wildman–Crippen MR) is 74.6 cm³/mol. The summed E-state index contributed by atoms with van der Waals surface area (Å²) >= 11 is 0. The number of halogens is 3. The van der Waals surface area contributed by atoms with Gasteiger partial charge in [-0.25, -0.2) is 0 Å². The molecule has 0 fully saturated rings. The van der Waals surface area contributed by atoms with Crippen LogP contribution < -0.4 is 4.90 Å². The Balaban J connectivity index is 3.79. The van der Waals surface area contributed by atoms with Crippen molar-refractivity contribution in [2.24, 2.45) is 0 Å². The third kappa shape index (κ3) is 3.89. The summed E-state index contributed by atoms with van der Waals surface area (Å²) in [6.45, 7) is -0.700. The topological polar surface area (TPSA) is 89.5 Å². The molecule has 120 valence electrons. The van der Waals surface area contributed by atoms with Crippen LogP contribution in [-0.4, -0.2) is 22.9 Å². The van der Waals surface area contributed by atoms with E-state index in [1.807, 2.05) is 0 Å². The molecule has 23 heavy (non-hydrogen) atoms. The van der Waals surface area contributed by atoms with E-state index in [-0.39, 0.29) is 25.2 Å². The van der Waals surface area contributed by atoms with Crippen LogP contribution in [0.3, 0.4) is 0 Å². The molecule has 0 amide bonds. The van der Waals surface area contributed by atoms with Gasteiger partial charge in [0.2, 0.25) is 0 Å². The average Bonchev–Trinajstić information content (AvgIpc) is 2.44. The summed E-state index contributed by atoms with van der Waals surface area (Å²) in [7, 11) is 0. The summed E-state index contributed by atoms with van der Waals surface area (Å²) < 4.78 is 38.3. The van der Waals surface area contributed by atoms with E-state index < -0.39 is 38.6 Å². The highest BCUT2D eigenvalue weighted by Crippen LogP contribution is 2.42. The first-order valence-corrected chi connectivity index (χ1v) is 5.79. The Morgan fingerprint density at radius 1 is 1.04 bits per heavy atom. The van der Waals surface area contributed by atoms with Crippen molar-refractivity contribution in [3.8, 4) is 24.7 Å². The molecule has 7 nitrogen and oxygen atoms in total. The molecule has 0 saturated heterocycles. The number of anilines is 1. The predicted octanol–water partition coefficient (Wildman–Crippen LogP) is 2.59. The fourth-order valence-corrected chi connectivity index (χ4v) is 1.80. The minimum Gasteiger partial charge on any atom is -0.338 e. The van der Waals surface area contributed by atoms with E-state index in [9.17, 15) is 33.4 Å². The lowest BCUT2D eigenvalue weighted by Crippen LogP contribution is -2.26. The normalized spacial score (nSPS) is 10.5. The third-order valence-electron chi connectivity index (χ3n) is 2.67. The first-order chi connectivity index (χ1) is 10.6. The first-order valence-electron chi connectivity index (χ1n) is 5.79. The zero-order valence-electron chi connectivity index (χ0n) is 11.3. The number of nitro groups is 2. The molecular weight excluding hydrogens is 319 g/mol. The second-order valence-electron chi connectivity index (χ2n) is 4.14. The summed E-state index contributed by atoms with van der Waals surface area (Å²) in [5.74, 6) is 4.18. The molecule has 0 heterocycles. The highest BCUT2D eigenvalue weighted by molar-refractivity contribution is 5.77. The van der Waals surface area contributed by atoms with Gasteiger partial charge in [-0.15, -0.1) is 12.8 Å². The first kappa shape index (κ1) is 17.8. The molecule has 1 rings (SSSR count). The van der Waals surface area contributed by atoms with Crippen molar-refractivity contribution in [3.63, 3.8) is 0 Å². The minimum atomic E-state index is -4.99. The summed E-state index contributed by atoms with van der Waals surface area (Å²) in [5.41, 5.74) is -4.38.